The Labute approximate surface area is 131 Å². The summed E-state index contributed by atoms with van der Waals surface area (Å²) in [5, 5.41) is 3.91. The Kier molecular flexibility index (Phi) is 5.17. The van der Waals surface area contributed by atoms with E-state index < -0.39 is 0 Å². The van der Waals surface area contributed by atoms with Gasteiger partial charge in [0.25, 0.3) is 0 Å². The van der Waals surface area contributed by atoms with Crippen molar-refractivity contribution >= 4 is 23.0 Å². The number of benzene rings is 2. The number of aryl methyl sites for hydroxylation is 1. The first-order valence-corrected chi connectivity index (χ1v) is 7.21. The van der Waals surface area contributed by atoms with Gasteiger partial charge < -0.3 is 15.0 Å². The van der Waals surface area contributed by atoms with Gasteiger partial charge in [-0.3, -0.25) is 0 Å². The summed E-state index contributed by atoms with van der Waals surface area (Å²) in [5.41, 5.74) is 3.42. The molecule has 21 heavy (non-hydrogen) atoms. The van der Waals surface area contributed by atoms with Crippen LogP contribution in [-0.2, 0) is 6.54 Å². The molecular weight excluding hydrogens is 280 g/mol. The van der Waals surface area contributed by atoms with E-state index in [1.54, 1.807) is 7.11 Å². The van der Waals surface area contributed by atoms with Gasteiger partial charge in [0.2, 0.25) is 0 Å². The Morgan fingerprint density at radius 1 is 1.19 bits per heavy atom. The highest BCUT2D eigenvalue weighted by Crippen LogP contribution is 2.17. The maximum atomic E-state index is 5.44. The van der Waals surface area contributed by atoms with Gasteiger partial charge in [0, 0.05) is 25.3 Å². The molecule has 0 heterocycles. The summed E-state index contributed by atoms with van der Waals surface area (Å²) in [5.74, 6) is 0.809. The van der Waals surface area contributed by atoms with E-state index in [4.69, 9.17) is 17.0 Å². The monoisotopic (exact) mass is 300 g/mol. The number of ether oxygens (including phenoxy) is 1. The molecule has 0 bridgehead atoms. The second kappa shape index (κ2) is 7.09. The molecule has 0 radical (unpaired) electrons. The van der Waals surface area contributed by atoms with Crippen molar-refractivity contribution in [3.63, 3.8) is 0 Å². The molecule has 0 amide bonds. The van der Waals surface area contributed by atoms with Gasteiger partial charge in [0.15, 0.2) is 5.11 Å². The highest BCUT2D eigenvalue weighted by atomic mass is 32.1. The van der Waals surface area contributed by atoms with Gasteiger partial charge in [-0.25, -0.2) is 0 Å². The zero-order chi connectivity index (χ0) is 15.2. The van der Waals surface area contributed by atoms with E-state index in [1.807, 2.05) is 36.2 Å². The maximum Gasteiger partial charge on any atom is 0.173 e. The minimum Gasteiger partial charge on any atom is -0.497 e. The Morgan fingerprint density at radius 3 is 2.57 bits per heavy atom. The Balaban J connectivity index is 1.97. The minimum atomic E-state index is 0.684. The topological polar surface area (TPSA) is 24.5 Å². The molecule has 0 saturated carbocycles. The van der Waals surface area contributed by atoms with Crippen molar-refractivity contribution in [1.29, 1.82) is 0 Å². The molecule has 3 nitrogen and oxygen atoms in total. The van der Waals surface area contributed by atoms with Crippen LogP contribution in [0, 0.1) is 6.92 Å². The van der Waals surface area contributed by atoms with Gasteiger partial charge in [0.05, 0.1) is 7.11 Å². The zero-order valence-corrected chi connectivity index (χ0v) is 13.4. The smallest absolute Gasteiger partial charge is 0.173 e. The standard InChI is InChI=1S/C17H20N2OS/c1-13-7-9-14(10-8-13)12-19(2)17(21)18-15-5-4-6-16(11-15)20-3/h4-11H,12H2,1-3H3,(H,18,21). The van der Waals surface area contributed by atoms with Crippen molar-refractivity contribution in [2.75, 3.05) is 19.5 Å². The van der Waals surface area contributed by atoms with E-state index in [0.29, 0.717) is 5.11 Å². The van der Waals surface area contributed by atoms with Crippen LogP contribution in [0.1, 0.15) is 11.1 Å². The molecular formula is C17H20N2OS. The molecule has 0 atom stereocenters. The van der Waals surface area contributed by atoms with Crippen LogP contribution >= 0.6 is 12.2 Å². The van der Waals surface area contributed by atoms with Gasteiger partial charge in [-0.2, -0.15) is 0 Å². The van der Waals surface area contributed by atoms with Crippen LogP contribution in [0.5, 0.6) is 5.75 Å². The normalized spacial score (nSPS) is 10.0. The lowest BCUT2D eigenvalue weighted by atomic mass is 10.1. The van der Waals surface area contributed by atoms with Gasteiger partial charge in [-0.05, 0) is 36.8 Å². The SMILES string of the molecule is COc1cccc(NC(=S)N(C)Cc2ccc(C)cc2)c1. The summed E-state index contributed by atoms with van der Waals surface area (Å²) >= 11 is 5.44. The average Bonchev–Trinajstić information content (AvgIpc) is 2.49. The molecule has 110 valence electrons. The zero-order valence-electron chi connectivity index (χ0n) is 12.6. The summed E-state index contributed by atoms with van der Waals surface area (Å²) in [4.78, 5) is 2.01. The van der Waals surface area contributed by atoms with E-state index >= 15 is 0 Å². The first-order chi connectivity index (χ1) is 10.1. The molecule has 4 heteroatoms. The number of methoxy groups -OCH3 is 1. The molecule has 0 unspecified atom stereocenters. The lowest BCUT2D eigenvalue weighted by Crippen LogP contribution is -2.30. The van der Waals surface area contributed by atoms with Crippen LogP contribution in [0.3, 0.4) is 0 Å². The van der Waals surface area contributed by atoms with Gasteiger partial charge in [-0.15, -0.1) is 0 Å². The van der Waals surface area contributed by atoms with Crippen LogP contribution in [0.25, 0.3) is 0 Å². The Morgan fingerprint density at radius 2 is 1.90 bits per heavy atom. The van der Waals surface area contributed by atoms with Crippen molar-refractivity contribution in [3.8, 4) is 5.75 Å². The van der Waals surface area contributed by atoms with Gasteiger partial charge in [-0.1, -0.05) is 35.9 Å². The summed E-state index contributed by atoms with van der Waals surface area (Å²) < 4.78 is 5.21. The summed E-state index contributed by atoms with van der Waals surface area (Å²) in [6.07, 6.45) is 0. The van der Waals surface area contributed by atoms with E-state index in [1.165, 1.54) is 11.1 Å². The second-order valence-electron chi connectivity index (χ2n) is 5.00. The molecule has 0 saturated heterocycles. The highest BCUT2D eigenvalue weighted by molar-refractivity contribution is 7.80. The van der Waals surface area contributed by atoms with Crippen LogP contribution in [0.2, 0.25) is 0 Å². The summed E-state index contributed by atoms with van der Waals surface area (Å²) in [6.45, 7) is 2.86. The number of hydrogen-bond acceptors (Lipinski definition) is 2. The van der Waals surface area contributed by atoms with E-state index in [9.17, 15) is 0 Å². The van der Waals surface area contributed by atoms with Crippen LogP contribution in [0.15, 0.2) is 48.5 Å². The lowest BCUT2D eigenvalue weighted by Gasteiger charge is -2.21. The highest BCUT2D eigenvalue weighted by Gasteiger charge is 2.06. The molecule has 0 aliphatic carbocycles. The van der Waals surface area contributed by atoms with Crippen molar-refractivity contribution in [3.05, 3.63) is 59.7 Å². The predicted octanol–water partition coefficient (Wildman–Crippen LogP) is 3.83. The molecule has 0 aromatic heterocycles. The van der Waals surface area contributed by atoms with E-state index in [-0.39, 0.29) is 0 Å². The number of anilines is 1. The number of nitrogens with one attached hydrogen (secondary N) is 1. The van der Waals surface area contributed by atoms with Crippen LogP contribution in [0.4, 0.5) is 5.69 Å². The molecule has 1 N–H and O–H groups in total. The molecule has 0 aliphatic rings. The molecule has 0 aliphatic heterocycles. The number of thiocarbonyl (C=S) groups is 1. The Hall–Kier alpha value is -2.07. The summed E-state index contributed by atoms with van der Waals surface area (Å²) in [7, 11) is 3.64. The molecule has 2 aromatic carbocycles. The first kappa shape index (κ1) is 15.3. The van der Waals surface area contributed by atoms with Crippen molar-refractivity contribution < 1.29 is 4.74 Å². The number of nitrogens with zero attached hydrogens (tertiary/aromatic N) is 1. The fourth-order valence-electron chi connectivity index (χ4n) is 1.96. The van der Waals surface area contributed by atoms with Gasteiger partial charge in [0.1, 0.15) is 5.75 Å². The van der Waals surface area contributed by atoms with Crippen molar-refractivity contribution in [1.82, 2.24) is 4.90 Å². The Bertz CT molecular complexity index is 610. The van der Waals surface area contributed by atoms with Crippen molar-refractivity contribution in [2.24, 2.45) is 0 Å². The quantitative estimate of drug-likeness (QED) is 0.867. The van der Waals surface area contributed by atoms with Crippen LogP contribution < -0.4 is 10.1 Å². The predicted molar refractivity (Wildman–Crippen MR) is 91.9 cm³/mol. The molecule has 2 aromatic rings. The third-order valence-corrected chi connectivity index (χ3v) is 3.62. The first-order valence-electron chi connectivity index (χ1n) is 6.80. The molecule has 0 fully saturated rings. The minimum absolute atomic E-state index is 0.684. The maximum absolute atomic E-state index is 5.44. The third-order valence-electron chi connectivity index (χ3n) is 3.21. The number of hydrogen-bond donors (Lipinski definition) is 1. The largest absolute Gasteiger partial charge is 0.497 e. The van der Waals surface area contributed by atoms with Gasteiger partial charge >= 0.3 is 0 Å². The molecule has 2 rings (SSSR count). The third kappa shape index (κ3) is 4.46. The average molecular weight is 300 g/mol. The fourth-order valence-corrected chi connectivity index (χ4v) is 2.14. The fraction of sp³-hybridized carbons (Fsp3) is 0.235. The molecule has 0 spiro atoms. The number of rotatable bonds is 4. The van der Waals surface area contributed by atoms with Crippen molar-refractivity contribution in [2.45, 2.75) is 13.5 Å². The summed E-state index contributed by atoms with van der Waals surface area (Å²) in [6, 6.07) is 16.2. The van der Waals surface area contributed by atoms with E-state index in [2.05, 4.69) is 36.5 Å². The second-order valence-corrected chi connectivity index (χ2v) is 5.39. The lowest BCUT2D eigenvalue weighted by molar-refractivity contribution is 0.415. The van der Waals surface area contributed by atoms with E-state index in [0.717, 1.165) is 18.0 Å². The van der Waals surface area contributed by atoms with Crippen LogP contribution in [-0.4, -0.2) is 24.2 Å².